The van der Waals surface area contributed by atoms with Crippen molar-refractivity contribution in [3.8, 4) is 0 Å². The molecule has 0 spiro atoms. The van der Waals surface area contributed by atoms with E-state index >= 15 is 0 Å². The van der Waals surface area contributed by atoms with E-state index in [0.29, 0.717) is 11.9 Å². The number of nitrogens with zero attached hydrogens (tertiary/aromatic N) is 2. The van der Waals surface area contributed by atoms with Gasteiger partial charge in [0, 0.05) is 6.54 Å². The van der Waals surface area contributed by atoms with Gasteiger partial charge < -0.3 is 19.4 Å². The first-order valence-corrected chi connectivity index (χ1v) is 8.51. The van der Waals surface area contributed by atoms with Crippen molar-refractivity contribution in [3.05, 3.63) is 24.3 Å². The second-order valence-corrected chi connectivity index (χ2v) is 7.78. The number of piperidine rings is 1. The molecule has 1 aliphatic heterocycles. The van der Waals surface area contributed by atoms with Crippen molar-refractivity contribution in [1.29, 1.82) is 0 Å². The molecule has 3 unspecified atom stereocenters. The van der Waals surface area contributed by atoms with E-state index in [9.17, 15) is 4.79 Å². The summed E-state index contributed by atoms with van der Waals surface area (Å²) in [6.07, 6.45) is 1.82. The number of amides is 1. The highest BCUT2D eigenvalue weighted by Crippen LogP contribution is 2.40. The van der Waals surface area contributed by atoms with E-state index in [1.165, 1.54) is 0 Å². The van der Waals surface area contributed by atoms with Gasteiger partial charge in [0.1, 0.15) is 11.1 Å². The van der Waals surface area contributed by atoms with Crippen LogP contribution in [0.3, 0.4) is 0 Å². The van der Waals surface area contributed by atoms with E-state index in [1.807, 2.05) is 49.9 Å². The Bertz CT molecular complexity index is 731. The van der Waals surface area contributed by atoms with E-state index < -0.39 is 5.60 Å². The predicted octanol–water partition coefficient (Wildman–Crippen LogP) is 3.64. The number of likely N-dealkylation sites (tertiary alicyclic amines) is 1. The molecule has 1 amide bonds. The van der Waals surface area contributed by atoms with Crippen molar-refractivity contribution in [2.24, 2.45) is 5.92 Å². The maximum absolute atomic E-state index is 12.4. The Morgan fingerprint density at radius 2 is 2.12 bits per heavy atom. The van der Waals surface area contributed by atoms with Crippen LogP contribution in [0.1, 0.15) is 33.6 Å². The number of oxazole rings is 1. The number of carbonyl (C=O) groups excluding carboxylic acids is 1. The fourth-order valence-electron chi connectivity index (χ4n) is 3.80. The number of carbonyl (C=O) groups is 1. The van der Waals surface area contributed by atoms with Crippen LogP contribution in [0.4, 0.5) is 10.8 Å². The summed E-state index contributed by atoms with van der Waals surface area (Å²) in [6.45, 7) is 6.47. The highest BCUT2D eigenvalue weighted by Gasteiger charge is 2.48. The zero-order valence-electron chi connectivity index (χ0n) is 14.3. The SMILES string of the molecule is CC(C)(C)OC(=O)N1CC2CC(Nc3nc4ccccc4o3)C1C2. The van der Waals surface area contributed by atoms with Crippen LogP contribution in [0, 0.1) is 5.92 Å². The van der Waals surface area contributed by atoms with Crippen LogP contribution in [0.25, 0.3) is 11.1 Å². The summed E-state index contributed by atoms with van der Waals surface area (Å²) >= 11 is 0. The Labute approximate surface area is 141 Å². The monoisotopic (exact) mass is 329 g/mol. The van der Waals surface area contributed by atoms with Crippen molar-refractivity contribution >= 4 is 23.2 Å². The smallest absolute Gasteiger partial charge is 0.410 e. The molecule has 1 saturated carbocycles. The number of para-hydroxylation sites is 2. The molecule has 1 N–H and O–H groups in total. The van der Waals surface area contributed by atoms with Crippen molar-refractivity contribution in [2.45, 2.75) is 51.3 Å². The molecule has 3 atom stereocenters. The Kier molecular flexibility index (Phi) is 3.44. The van der Waals surface area contributed by atoms with E-state index in [2.05, 4.69) is 10.3 Å². The molecular formula is C18H23N3O3. The van der Waals surface area contributed by atoms with Gasteiger partial charge in [-0.3, -0.25) is 0 Å². The number of hydrogen-bond donors (Lipinski definition) is 1. The number of aromatic nitrogens is 1. The average molecular weight is 329 g/mol. The molecular weight excluding hydrogens is 306 g/mol. The number of nitrogens with one attached hydrogen (secondary N) is 1. The van der Waals surface area contributed by atoms with Crippen molar-refractivity contribution in [3.63, 3.8) is 0 Å². The molecule has 2 aliphatic rings. The predicted molar refractivity (Wildman–Crippen MR) is 90.9 cm³/mol. The molecule has 0 radical (unpaired) electrons. The number of anilines is 1. The van der Waals surface area contributed by atoms with Gasteiger partial charge >= 0.3 is 6.09 Å². The lowest BCUT2D eigenvalue weighted by molar-refractivity contribution is 0.0179. The fourth-order valence-corrected chi connectivity index (χ4v) is 3.80. The lowest BCUT2D eigenvalue weighted by Crippen LogP contribution is -2.49. The van der Waals surface area contributed by atoms with Gasteiger partial charge in [-0.1, -0.05) is 12.1 Å². The van der Waals surface area contributed by atoms with Crippen LogP contribution in [0.15, 0.2) is 28.7 Å². The van der Waals surface area contributed by atoms with Gasteiger partial charge in [0.25, 0.3) is 6.01 Å². The van der Waals surface area contributed by atoms with Crippen LogP contribution < -0.4 is 5.32 Å². The Hall–Kier alpha value is -2.24. The summed E-state index contributed by atoms with van der Waals surface area (Å²) in [7, 11) is 0. The maximum atomic E-state index is 12.4. The van der Waals surface area contributed by atoms with Crippen LogP contribution in [0.5, 0.6) is 0 Å². The van der Waals surface area contributed by atoms with Gasteiger partial charge in [-0.25, -0.2) is 4.79 Å². The summed E-state index contributed by atoms with van der Waals surface area (Å²) in [6, 6.07) is 8.52. The minimum atomic E-state index is -0.470. The summed E-state index contributed by atoms with van der Waals surface area (Å²) in [5.41, 5.74) is 1.14. The zero-order valence-corrected chi connectivity index (χ0v) is 14.3. The highest BCUT2D eigenvalue weighted by atomic mass is 16.6. The fraction of sp³-hybridized carbons (Fsp3) is 0.556. The molecule has 4 rings (SSSR count). The second kappa shape index (κ2) is 5.40. The first kappa shape index (κ1) is 15.3. The third-order valence-electron chi connectivity index (χ3n) is 4.71. The van der Waals surface area contributed by atoms with Gasteiger partial charge in [0.05, 0.1) is 12.1 Å². The molecule has 2 aromatic rings. The molecule has 128 valence electrons. The first-order valence-electron chi connectivity index (χ1n) is 8.51. The minimum Gasteiger partial charge on any atom is -0.444 e. The quantitative estimate of drug-likeness (QED) is 0.911. The van der Waals surface area contributed by atoms with Gasteiger partial charge in [0.2, 0.25) is 0 Å². The van der Waals surface area contributed by atoms with Crippen LogP contribution in [-0.4, -0.2) is 40.2 Å². The third-order valence-corrected chi connectivity index (χ3v) is 4.71. The molecule has 1 aromatic carbocycles. The van der Waals surface area contributed by atoms with E-state index in [4.69, 9.17) is 9.15 Å². The number of fused-ring (bicyclic) bond motifs is 3. The first-order chi connectivity index (χ1) is 11.4. The lowest BCUT2D eigenvalue weighted by atomic mass is 10.1. The van der Waals surface area contributed by atoms with Crippen LogP contribution in [-0.2, 0) is 4.74 Å². The van der Waals surface area contributed by atoms with Gasteiger partial charge in [0.15, 0.2) is 5.58 Å². The number of benzene rings is 1. The highest BCUT2D eigenvalue weighted by molar-refractivity contribution is 5.74. The molecule has 1 aromatic heterocycles. The van der Waals surface area contributed by atoms with Gasteiger partial charge in [-0.2, -0.15) is 4.98 Å². The van der Waals surface area contributed by atoms with E-state index in [0.717, 1.165) is 30.5 Å². The summed E-state index contributed by atoms with van der Waals surface area (Å²) in [5, 5.41) is 3.38. The van der Waals surface area contributed by atoms with Crippen molar-refractivity contribution in [2.75, 3.05) is 11.9 Å². The molecule has 1 saturated heterocycles. The second-order valence-electron chi connectivity index (χ2n) is 7.78. The van der Waals surface area contributed by atoms with Crippen LogP contribution in [0.2, 0.25) is 0 Å². The van der Waals surface area contributed by atoms with Crippen molar-refractivity contribution < 1.29 is 13.9 Å². The zero-order chi connectivity index (χ0) is 16.9. The van der Waals surface area contributed by atoms with E-state index in [-0.39, 0.29) is 18.2 Å². The molecule has 2 fully saturated rings. The number of ether oxygens (including phenoxy) is 1. The molecule has 2 heterocycles. The molecule has 6 nitrogen and oxygen atoms in total. The summed E-state index contributed by atoms with van der Waals surface area (Å²) in [4.78, 5) is 18.8. The maximum Gasteiger partial charge on any atom is 0.410 e. The molecule has 24 heavy (non-hydrogen) atoms. The lowest BCUT2D eigenvalue weighted by Gasteiger charge is -2.34. The number of hydrogen-bond acceptors (Lipinski definition) is 5. The third kappa shape index (κ3) is 2.81. The largest absolute Gasteiger partial charge is 0.444 e. The molecule has 6 heteroatoms. The van der Waals surface area contributed by atoms with E-state index in [1.54, 1.807) is 0 Å². The van der Waals surface area contributed by atoms with Crippen LogP contribution >= 0.6 is 0 Å². The summed E-state index contributed by atoms with van der Waals surface area (Å²) < 4.78 is 11.3. The Morgan fingerprint density at radius 3 is 2.83 bits per heavy atom. The minimum absolute atomic E-state index is 0.139. The topological polar surface area (TPSA) is 67.6 Å². The van der Waals surface area contributed by atoms with Crippen molar-refractivity contribution in [1.82, 2.24) is 9.88 Å². The Balaban J connectivity index is 1.48. The Morgan fingerprint density at radius 1 is 1.33 bits per heavy atom. The van der Waals surface area contributed by atoms with Gasteiger partial charge in [-0.05, 0) is 51.7 Å². The normalized spacial score (nSPS) is 26.1. The standard InChI is InChI=1S/C18H23N3O3/c1-18(2,3)24-17(22)21-10-11-8-13(14(21)9-11)20-16-19-12-6-4-5-7-15(12)23-16/h4-7,11,13-14H,8-10H2,1-3H3,(H,19,20). The van der Waals surface area contributed by atoms with Gasteiger partial charge in [-0.15, -0.1) is 0 Å². The molecule has 1 aliphatic carbocycles. The average Bonchev–Trinajstić information content (AvgIpc) is 3.17. The number of rotatable bonds is 2. The summed E-state index contributed by atoms with van der Waals surface area (Å²) in [5.74, 6) is 0.518. The molecule has 2 bridgehead atoms.